The van der Waals surface area contributed by atoms with Crippen molar-refractivity contribution < 1.29 is 4.79 Å². The molecule has 1 N–H and O–H groups in total. The summed E-state index contributed by atoms with van der Waals surface area (Å²) in [5.41, 5.74) is 3.00. The van der Waals surface area contributed by atoms with E-state index in [9.17, 15) is 4.79 Å². The van der Waals surface area contributed by atoms with Crippen molar-refractivity contribution in [3.05, 3.63) is 69.4 Å². The first-order valence-electron chi connectivity index (χ1n) is 7.01. The Bertz CT molecular complexity index is 825. The van der Waals surface area contributed by atoms with Crippen LogP contribution in [-0.4, -0.2) is 20.1 Å². The number of hydrogen-bond acceptors (Lipinski definition) is 4. The molecular weight excluding hydrogens is 332 g/mol. The number of halogens is 1. The molecule has 0 radical (unpaired) electrons. The predicted molar refractivity (Wildman–Crippen MR) is 90.8 cm³/mol. The number of rotatable bonds is 4. The molecule has 1 amide bonds. The number of hydrogen-bond donors (Lipinski definition) is 1. The molecule has 1 aromatic carbocycles. The Morgan fingerprint density at radius 3 is 2.61 bits per heavy atom. The maximum atomic E-state index is 12.6. The van der Waals surface area contributed by atoms with Crippen LogP contribution in [0.5, 0.6) is 0 Å². The molecule has 23 heavy (non-hydrogen) atoms. The number of amides is 1. The number of carbonyl (C=O) groups excluding carboxylic acids is 1. The van der Waals surface area contributed by atoms with Crippen molar-refractivity contribution >= 4 is 29.0 Å². The molecule has 0 aliphatic heterocycles. The second-order valence-corrected chi connectivity index (χ2v) is 6.25. The van der Waals surface area contributed by atoms with Crippen molar-refractivity contribution in [3.63, 3.8) is 0 Å². The zero-order valence-corrected chi connectivity index (χ0v) is 14.2. The van der Waals surface area contributed by atoms with E-state index < -0.39 is 0 Å². The number of benzene rings is 1. The zero-order valence-electron chi connectivity index (χ0n) is 12.7. The fourth-order valence-corrected chi connectivity index (χ4v) is 3.11. The molecule has 3 aromatic rings. The highest BCUT2D eigenvalue weighted by Gasteiger charge is 2.21. The first-order chi connectivity index (χ1) is 11.0. The van der Waals surface area contributed by atoms with Gasteiger partial charge in [0.1, 0.15) is 0 Å². The van der Waals surface area contributed by atoms with Gasteiger partial charge in [0.05, 0.1) is 23.0 Å². The molecule has 5 nitrogen and oxygen atoms in total. The molecule has 0 aliphatic carbocycles. The van der Waals surface area contributed by atoms with Gasteiger partial charge in [-0.25, -0.2) is 0 Å². The van der Waals surface area contributed by atoms with Gasteiger partial charge in [-0.3, -0.25) is 9.48 Å². The molecule has 0 spiro atoms. The van der Waals surface area contributed by atoms with E-state index in [4.69, 9.17) is 11.6 Å². The fourth-order valence-electron chi connectivity index (χ4n) is 2.29. The van der Waals surface area contributed by atoms with Crippen LogP contribution in [0.15, 0.2) is 41.9 Å². The van der Waals surface area contributed by atoms with Gasteiger partial charge in [-0.2, -0.15) is 9.47 Å². The van der Waals surface area contributed by atoms with E-state index >= 15 is 0 Å². The first kappa shape index (κ1) is 15.7. The van der Waals surface area contributed by atoms with Gasteiger partial charge in [0.15, 0.2) is 0 Å². The number of nitrogens with zero attached hydrogens (tertiary/aromatic N) is 3. The van der Waals surface area contributed by atoms with Crippen molar-refractivity contribution in [2.75, 3.05) is 0 Å². The summed E-state index contributed by atoms with van der Waals surface area (Å²) in [5, 5.41) is 9.86. The molecule has 118 valence electrons. The van der Waals surface area contributed by atoms with Crippen molar-refractivity contribution in [1.29, 1.82) is 0 Å². The summed E-state index contributed by atoms with van der Waals surface area (Å²) in [7, 11) is 1.84. The van der Waals surface area contributed by atoms with Crippen LogP contribution in [0.25, 0.3) is 0 Å². The van der Waals surface area contributed by atoms with Crippen LogP contribution in [0.1, 0.15) is 33.4 Å². The molecule has 2 aromatic heterocycles. The lowest BCUT2D eigenvalue weighted by Gasteiger charge is -2.17. The smallest absolute Gasteiger partial charge is 0.254 e. The van der Waals surface area contributed by atoms with Crippen LogP contribution < -0.4 is 5.32 Å². The Hall–Kier alpha value is -2.18. The van der Waals surface area contributed by atoms with Gasteiger partial charge in [-0.1, -0.05) is 23.7 Å². The first-order valence-corrected chi connectivity index (χ1v) is 8.23. The van der Waals surface area contributed by atoms with Gasteiger partial charge < -0.3 is 5.32 Å². The van der Waals surface area contributed by atoms with E-state index in [1.165, 1.54) is 11.5 Å². The van der Waals surface area contributed by atoms with Crippen LogP contribution in [0, 0.1) is 6.92 Å². The fraction of sp³-hybridized carbons (Fsp3) is 0.188. The highest BCUT2D eigenvalue weighted by molar-refractivity contribution is 7.03. The normalized spacial score (nSPS) is 12.1. The van der Waals surface area contributed by atoms with Gasteiger partial charge in [0, 0.05) is 23.6 Å². The van der Waals surface area contributed by atoms with E-state index in [-0.39, 0.29) is 11.9 Å². The second kappa shape index (κ2) is 6.52. The lowest BCUT2D eigenvalue weighted by atomic mass is 10.0. The van der Waals surface area contributed by atoms with Crippen molar-refractivity contribution in [3.8, 4) is 0 Å². The monoisotopic (exact) mass is 346 g/mol. The average Bonchev–Trinajstić information content (AvgIpc) is 3.14. The van der Waals surface area contributed by atoms with E-state index in [0.717, 1.165) is 17.0 Å². The van der Waals surface area contributed by atoms with Crippen molar-refractivity contribution in [2.45, 2.75) is 13.0 Å². The summed E-state index contributed by atoms with van der Waals surface area (Å²) in [5.74, 6) is -0.165. The third kappa shape index (κ3) is 3.43. The Morgan fingerprint density at radius 1 is 1.30 bits per heavy atom. The Morgan fingerprint density at radius 2 is 2.04 bits per heavy atom. The minimum atomic E-state index is -0.347. The SMILES string of the molecule is Cc1nscc1C(=O)NC(c1ccc(Cl)cc1)c1ccn(C)n1. The van der Waals surface area contributed by atoms with Crippen molar-refractivity contribution in [2.24, 2.45) is 7.05 Å². The molecule has 1 atom stereocenters. The van der Waals surface area contributed by atoms with E-state index in [1.807, 2.05) is 38.4 Å². The Kier molecular flexibility index (Phi) is 4.45. The lowest BCUT2D eigenvalue weighted by Crippen LogP contribution is -2.30. The molecule has 1 unspecified atom stereocenters. The largest absolute Gasteiger partial charge is 0.339 e. The zero-order chi connectivity index (χ0) is 16.4. The molecule has 0 aliphatic rings. The summed E-state index contributed by atoms with van der Waals surface area (Å²) in [6.07, 6.45) is 1.85. The molecule has 0 fully saturated rings. The summed E-state index contributed by atoms with van der Waals surface area (Å²) >= 11 is 7.23. The maximum Gasteiger partial charge on any atom is 0.254 e. The summed E-state index contributed by atoms with van der Waals surface area (Å²) in [6.45, 7) is 1.82. The van der Waals surface area contributed by atoms with Crippen LogP contribution >= 0.6 is 23.1 Å². The highest BCUT2D eigenvalue weighted by Crippen LogP contribution is 2.23. The van der Waals surface area contributed by atoms with Crippen LogP contribution in [0.3, 0.4) is 0 Å². The van der Waals surface area contributed by atoms with Crippen LogP contribution in [-0.2, 0) is 7.05 Å². The topological polar surface area (TPSA) is 59.8 Å². The van der Waals surface area contributed by atoms with Crippen molar-refractivity contribution in [1.82, 2.24) is 19.5 Å². The lowest BCUT2D eigenvalue weighted by molar-refractivity contribution is 0.0942. The molecule has 0 saturated carbocycles. The molecule has 0 saturated heterocycles. The number of aromatic nitrogens is 3. The standard InChI is InChI=1S/C16H15ClN4OS/c1-10-13(9-23-20-10)16(22)18-15(14-7-8-21(2)19-14)11-3-5-12(17)6-4-11/h3-9,15H,1-2H3,(H,18,22). The summed E-state index contributed by atoms with van der Waals surface area (Å²) in [6, 6.07) is 8.92. The van der Waals surface area contributed by atoms with Gasteiger partial charge in [0.2, 0.25) is 0 Å². The Balaban J connectivity index is 1.94. The number of nitrogens with one attached hydrogen (secondary N) is 1. The van der Waals surface area contributed by atoms with Gasteiger partial charge in [-0.15, -0.1) is 0 Å². The van der Waals surface area contributed by atoms with E-state index in [1.54, 1.807) is 22.2 Å². The number of carbonyl (C=O) groups is 1. The Labute approximate surface area is 143 Å². The third-order valence-electron chi connectivity index (χ3n) is 3.50. The molecule has 2 heterocycles. The van der Waals surface area contributed by atoms with Gasteiger partial charge >= 0.3 is 0 Å². The quantitative estimate of drug-likeness (QED) is 0.788. The molecule has 3 rings (SSSR count). The minimum Gasteiger partial charge on any atom is -0.339 e. The third-order valence-corrected chi connectivity index (χ3v) is 4.48. The van der Waals surface area contributed by atoms with Crippen LogP contribution in [0.2, 0.25) is 5.02 Å². The highest BCUT2D eigenvalue weighted by atomic mass is 35.5. The summed E-state index contributed by atoms with van der Waals surface area (Å²) in [4.78, 5) is 12.6. The van der Waals surface area contributed by atoms with Crippen LogP contribution in [0.4, 0.5) is 0 Å². The van der Waals surface area contributed by atoms with E-state index in [2.05, 4.69) is 14.8 Å². The predicted octanol–water partition coefficient (Wildman–Crippen LogP) is 3.36. The molecule has 0 bridgehead atoms. The van der Waals surface area contributed by atoms with Gasteiger partial charge in [-0.05, 0) is 42.2 Å². The van der Waals surface area contributed by atoms with E-state index in [0.29, 0.717) is 10.6 Å². The second-order valence-electron chi connectivity index (χ2n) is 5.19. The minimum absolute atomic E-state index is 0.165. The molecular formula is C16H15ClN4OS. The average molecular weight is 347 g/mol. The number of aryl methyl sites for hydroxylation is 2. The molecule has 7 heteroatoms. The summed E-state index contributed by atoms with van der Waals surface area (Å²) < 4.78 is 5.86. The maximum absolute atomic E-state index is 12.6. The van der Waals surface area contributed by atoms with Gasteiger partial charge in [0.25, 0.3) is 5.91 Å².